The molecule has 0 aromatic carbocycles. The molecule has 0 aromatic heterocycles. The lowest BCUT2D eigenvalue weighted by Crippen LogP contribution is -2.29. The van der Waals surface area contributed by atoms with E-state index in [-0.39, 0.29) is 38.6 Å². The van der Waals surface area contributed by atoms with Gasteiger partial charge in [-0.25, -0.2) is 4.57 Å². The lowest BCUT2D eigenvalue weighted by Gasteiger charge is -2.19. The number of hydrogen-bond donors (Lipinski definition) is 2. The molecular weight excluding hydrogens is 954 g/mol. The van der Waals surface area contributed by atoms with E-state index in [4.69, 9.17) is 24.3 Å². The van der Waals surface area contributed by atoms with E-state index in [1.54, 1.807) is 0 Å². The molecule has 0 saturated carbocycles. The smallest absolute Gasteiger partial charge is 0.462 e. The van der Waals surface area contributed by atoms with Crippen LogP contribution in [0.5, 0.6) is 0 Å². The Balaban J connectivity index is 3.87. The van der Waals surface area contributed by atoms with Crippen molar-refractivity contribution in [3.63, 3.8) is 0 Å². The van der Waals surface area contributed by atoms with Gasteiger partial charge in [-0.2, -0.15) is 0 Å². The Hall–Kier alpha value is -2.29. The molecule has 0 radical (unpaired) electrons. The number of hydrogen-bond acceptors (Lipinski definition) is 8. The highest BCUT2D eigenvalue weighted by Crippen LogP contribution is 2.43. The van der Waals surface area contributed by atoms with Gasteiger partial charge in [0.15, 0.2) is 6.10 Å². The average molecular weight is 1070 g/mol. The highest BCUT2D eigenvalue weighted by atomic mass is 31.2. The van der Waals surface area contributed by atoms with Crippen molar-refractivity contribution in [3.8, 4) is 0 Å². The second-order valence-corrected chi connectivity index (χ2v) is 22.7. The van der Waals surface area contributed by atoms with Crippen molar-refractivity contribution < 1.29 is 37.6 Å². The number of ether oxygens (including phenoxy) is 2. The monoisotopic (exact) mass is 1070 g/mol. The fourth-order valence-electron chi connectivity index (χ4n) is 9.25. The molecule has 438 valence electrons. The van der Waals surface area contributed by atoms with Gasteiger partial charge in [-0.05, 0) is 57.8 Å². The molecule has 0 spiro atoms. The van der Waals surface area contributed by atoms with Gasteiger partial charge in [0.05, 0.1) is 13.2 Å². The molecular formula is C65H120NO8P. The van der Waals surface area contributed by atoms with Gasteiger partial charge in [0.2, 0.25) is 0 Å². The van der Waals surface area contributed by atoms with E-state index < -0.39 is 26.5 Å². The van der Waals surface area contributed by atoms with E-state index in [1.807, 2.05) is 0 Å². The minimum absolute atomic E-state index is 0.0546. The van der Waals surface area contributed by atoms with Gasteiger partial charge < -0.3 is 20.1 Å². The van der Waals surface area contributed by atoms with Crippen LogP contribution in [0.2, 0.25) is 0 Å². The Morgan fingerprint density at radius 3 is 1.09 bits per heavy atom. The van der Waals surface area contributed by atoms with Gasteiger partial charge in [0.1, 0.15) is 6.61 Å². The summed E-state index contributed by atoms with van der Waals surface area (Å²) in [5, 5.41) is 0. The minimum Gasteiger partial charge on any atom is -0.462 e. The minimum atomic E-state index is -4.39. The molecule has 2 unspecified atom stereocenters. The lowest BCUT2D eigenvalue weighted by molar-refractivity contribution is -0.161. The molecule has 3 N–H and O–H groups in total. The quantitative estimate of drug-likeness (QED) is 0.0264. The van der Waals surface area contributed by atoms with E-state index in [2.05, 4.69) is 74.6 Å². The maximum atomic E-state index is 12.7. The summed E-state index contributed by atoms with van der Waals surface area (Å²) in [4.78, 5) is 35.3. The Morgan fingerprint density at radius 1 is 0.413 bits per heavy atom. The Morgan fingerprint density at radius 2 is 0.733 bits per heavy atom. The maximum absolute atomic E-state index is 12.7. The van der Waals surface area contributed by atoms with E-state index in [9.17, 15) is 19.0 Å². The predicted molar refractivity (Wildman–Crippen MR) is 321 cm³/mol. The van der Waals surface area contributed by atoms with Gasteiger partial charge in [-0.15, -0.1) is 0 Å². The van der Waals surface area contributed by atoms with Crippen LogP contribution in [0.25, 0.3) is 0 Å². The first-order valence-corrected chi connectivity index (χ1v) is 33.3. The van der Waals surface area contributed by atoms with E-state index in [1.165, 1.54) is 205 Å². The molecule has 0 rings (SSSR count). The van der Waals surface area contributed by atoms with Crippen LogP contribution in [0.15, 0.2) is 60.8 Å². The number of unbranched alkanes of at least 4 members (excludes halogenated alkanes) is 37. The van der Waals surface area contributed by atoms with Crippen LogP contribution in [0.3, 0.4) is 0 Å². The Bertz CT molecular complexity index is 1410. The molecule has 0 bridgehead atoms. The third-order valence-electron chi connectivity index (χ3n) is 13.9. The van der Waals surface area contributed by atoms with Crippen LogP contribution in [-0.4, -0.2) is 49.3 Å². The first kappa shape index (κ1) is 72.7. The number of rotatable bonds is 60. The van der Waals surface area contributed by atoms with Crippen molar-refractivity contribution >= 4 is 19.8 Å². The topological polar surface area (TPSA) is 134 Å². The van der Waals surface area contributed by atoms with Gasteiger partial charge >= 0.3 is 19.8 Å². The molecule has 0 aliphatic carbocycles. The van der Waals surface area contributed by atoms with Crippen molar-refractivity contribution in [2.75, 3.05) is 26.4 Å². The molecule has 0 saturated heterocycles. The van der Waals surface area contributed by atoms with E-state index in [0.29, 0.717) is 6.42 Å². The van der Waals surface area contributed by atoms with Crippen molar-refractivity contribution in [3.05, 3.63) is 60.8 Å². The van der Waals surface area contributed by atoms with E-state index >= 15 is 0 Å². The normalized spacial score (nSPS) is 13.4. The van der Waals surface area contributed by atoms with E-state index in [0.717, 1.165) is 70.6 Å². The number of nitrogens with two attached hydrogens (primary N) is 1. The summed E-state index contributed by atoms with van der Waals surface area (Å²) in [5.41, 5.74) is 5.39. The third kappa shape index (κ3) is 60.8. The molecule has 0 aromatic rings. The van der Waals surface area contributed by atoms with Gasteiger partial charge in [-0.1, -0.05) is 299 Å². The van der Waals surface area contributed by atoms with Gasteiger partial charge in [-0.3, -0.25) is 18.6 Å². The SMILES string of the molecule is CC/C=C\C/C=C\C/C=C\C/C=C\C/C=C\CCCCCCCCCCCCCCCCCCCC(=O)OC(COC(=O)CCCCCCCCCCCCCCCCCCCCCCC)COP(=O)(O)OCCN. The number of phosphoric ester groups is 1. The summed E-state index contributed by atoms with van der Waals surface area (Å²) in [6.07, 6.45) is 77.2. The standard InChI is InChI=1S/C65H120NO8P/c1-3-5-7-9-11-13-15-17-19-21-23-25-26-27-28-29-30-31-32-33-34-35-36-38-40-42-44-46-48-50-52-54-56-58-65(68)74-63(62-73-75(69,70)72-60-59-66)61-71-64(67)57-55-53-51-49-47-45-43-41-39-37-24-22-20-18-16-14-12-10-8-6-4-2/h5,7,11,13,17,19,23,25,27-28,63H,3-4,6,8-10,12,14-16,18,20-22,24,26,29-62,66H2,1-2H3,(H,69,70)/b7-5-,13-11-,19-17-,25-23-,28-27-. The zero-order chi connectivity index (χ0) is 54.5. The molecule has 75 heavy (non-hydrogen) atoms. The molecule has 2 atom stereocenters. The Kier molecular flexibility index (Phi) is 59.1. The molecule has 0 heterocycles. The van der Waals surface area contributed by atoms with Crippen LogP contribution < -0.4 is 5.73 Å². The molecule has 0 aliphatic heterocycles. The fourth-order valence-corrected chi connectivity index (χ4v) is 10.0. The highest BCUT2D eigenvalue weighted by molar-refractivity contribution is 7.47. The van der Waals surface area contributed by atoms with Crippen LogP contribution in [0.1, 0.15) is 309 Å². The van der Waals surface area contributed by atoms with Gasteiger partial charge in [0, 0.05) is 19.4 Å². The summed E-state index contributed by atoms with van der Waals surface area (Å²) >= 11 is 0. The van der Waals surface area contributed by atoms with Crippen LogP contribution in [-0.2, 0) is 32.7 Å². The number of carbonyl (C=O) groups excluding carboxylic acids is 2. The third-order valence-corrected chi connectivity index (χ3v) is 14.9. The maximum Gasteiger partial charge on any atom is 0.472 e. The first-order chi connectivity index (χ1) is 36.8. The second-order valence-electron chi connectivity index (χ2n) is 21.3. The molecule has 9 nitrogen and oxygen atoms in total. The fraction of sp³-hybridized carbons (Fsp3) is 0.815. The predicted octanol–water partition coefficient (Wildman–Crippen LogP) is 20.3. The summed E-state index contributed by atoms with van der Waals surface area (Å²) in [7, 11) is -4.39. The highest BCUT2D eigenvalue weighted by Gasteiger charge is 2.26. The largest absolute Gasteiger partial charge is 0.472 e. The van der Waals surface area contributed by atoms with Crippen molar-refractivity contribution in [1.29, 1.82) is 0 Å². The number of carbonyl (C=O) groups is 2. The molecule has 10 heteroatoms. The van der Waals surface area contributed by atoms with Crippen LogP contribution in [0.4, 0.5) is 0 Å². The average Bonchev–Trinajstić information content (AvgIpc) is 3.40. The molecule has 0 amide bonds. The van der Waals surface area contributed by atoms with Gasteiger partial charge in [0.25, 0.3) is 0 Å². The summed E-state index contributed by atoms with van der Waals surface area (Å²) in [5.74, 6) is -0.811. The molecule has 0 fully saturated rings. The molecule has 0 aliphatic rings. The Labute approximate surface area is 463 Å². The summed E-state index contributed by atoms with van der Waals surface area (Å²) in [6.45, 7) is 3.68. The van der Waals surface area contributed by atoms with Crippen molar-refractivity contribution in [1.82, 2.24) is 0 Å². The second kappa shape index (κ2) is 60.9. The van der Waals surface area contributed by atoms with Crippen LogP contribution in [0, 0.1) is 0 Å². The van der Waals surface area contributed by atoms with Crippen molar-refractivity contribution in [2.45, 2.75) is 315 Å². The lowest BCUT2D eigenvalue weighted by atomic mass is 10.0. The number of esters is 2. The van der Waals surface area contributed by atoms with Crippen molar-refractivity contribution in [2.24, 2.45) is 5.73 Å². The van der Waals surface area contributed by atoms with Crippen LogP contribution >= 0.6 is 7.82 Å². The zero-order valence-corrected chi connectivity index (χ0v) is 49.9. The first-order valence-electron chi connectivity index (χ1n) is 31.8. The summed E-state index contributed by atoms with van der Waals surface area (Å²) in [6, 6.07) is 0. The number of phosphoric acid groups is 1. The zero-order valence-electron chi connectivity index (χ0n) is 49.0. The summed E-state index contributed by atoms with van der Waals surface area (Å²) < 4.78 is 33.1. The number of allylic oxidation sites excluding steroid dienone is 10.